The summed E-state index contributed by atoms with van der Waals surface area (Å²) < 4.78 is 11.5. The molecule has 0 saturated heterocycles. The van der Waals surface area contributed by atoms with E-state index in [2.05, 4.69) is 6.92 Å². The van der Waals surface area contributed by atoms with E-state index in [1.807, 2.05) is 56.3 Å². The normalized spacial score (nSPS) is 15.8. The van der Waals surface area contributed by atoms with Gasteiger partial charge in [-0.25, -0.2) is 0 Å². The van der Waals surface area contributed by atoms with Gasteiger partial charge < -0.3 is 14.3 Å². The van der Waals surface area contributed by atoms with E-state index >= 15 is 0 Å². The van der Waals surface area contributed by atoms with Gasteiger partial charge >= 0.3 is 0 Å². The van der Waals surface area contributed by atoms with Crippen molar-refractivity contribution in [3.63, 3.8) is 0 Å². The molecule has 1 atom stereocenters. The van der Waals surface area contributed by atoms with Crippen molar-refractivity contribution in [1.29, 1.82) is 0 Å². The molecule has 1 aromatic heterocycles. The number of furan rings is 1. The fourth-order valence-electron chi connectivity index (χ4n) is 4.54. The van der Waals surface area contributed by atoms with Crippen LogP contribution in [0.15, 0.2) is 94.6 Å². The Morgan fingerprint density at radius 3 is 2.36 bits per heavy atom. The van der Waals surface area contributed by atoms with Gasteiger partial charge in [-0.2, -0.15) is 0 Å². The summed E-state index contributed by atoms with van der Waals surface area (Å²) in [5, 5.41) is 11.8. The lowest BCUT2D eigenvalue weighted by atomic mass is 9.94. The lowest BCUT2D eigenvalue weighted by Gasteiger charge is -2.27. The number of carbonyl (C=O) groups is 2. The molecule has 1 amide bonds. The number of rotatable bonds is 7. The Morgan fingerprint density at radius 1 is 1.03 bits per heavy atom. The number of nitrogens with zero attached hydrogens (tertiary/aromatic N) is 1. The first-order valence-electron chi connectivity index (χ1n) is 12.0. The number of anilines is 1. The third-order valence-electron chi connectivity index (χ3n) is 6.29. The number of aryl methyl sites for hydroxylation is 1. The van der Waals surface area contributed by atoms with Crippen LogP contribution in [0.25, 0.3) is 11.0 Å². The topological polar surface area (TPSA) is 80.0 Å². The number of carbonyl (C=O) groups excluding carboxylic acids is 2. The second kappa shape index (κ2) is 9.38. The first kappa shape index (κ1) is 23.4. The molecule has 1 N–H and O–H groups in total. The number of fused-ring (bicyclic) bond motifs is 1. The van der Waals surface area contributed by atoms with Crippen LogP contribution in [0.5, 0.6) is 5.75 Å². The highest BCUT2D eigenvalue weighted by Crippen LogP contribution is 2.42. The van der Waals surface area contributed by atoms with Crippen molar-refractivity contribution < 1.29 is 23.8 Å². The zero-order valence-electron chi connectivity index (χ0n) is 20.4. The van der Waals surface area contributed by atoms with Crippen LogP contribution >= 0.6 is 0 Å². The summed E-state index contributed by atoms with van der Waals surface area (Å²) in [6.07, 6.45) is 0.865. The largest absolute Gasteiger partial charge is 0.503 e. The Balaban J connectivity index is 1.60. The third-order valence-corrected chi connectivity index (χ3v) is 6.29. The fourth-order valence-corrected chi connectivity index (χ4v) is 4.54. The lowest BCUT2D eigenvalue weighted by Crippen LogP contribution is -2.31. The van der Waals surface area contributed by atoms with Gasteiger partial charge in [-0.15, -0.1) is 0 Å². The van der Waals surface area contributed by atoms with E-state index in [9.17, 15) is 14.7 Å². The van der Waals surface area contributed by atoms with Crippen LogP contribution in [0.1, 0.15) is 48.5 Å². The minimum atomic E-state index is -0.819. The molecule has 0 spiro atoms. The number of ether oxygens (including phenoxy) is 1. The van der Waals surface area contributed by atoms with Gasteiger partial charge in [0.05, 0.1) is 17.7 Å². The van der Waals surface area contributed by atoms with Crippen molar-refractivity contribution in [2.45, 2.75) is 39.3 Å². The second-order valence-electron chi connectivity index (χ2n) is 9.07. The average molecular weight is 482 g/mol. The molecular formula is C30H27NO5. The van der Waals surface area contributed by atoms with Gasteiger partial charge in [0, 0.05) is 11.1 Å². The summed E-state index contributed by atoms with van der Waals surface area (Å²) >= 11 is 0. The predicted octanol–water partition coefficient (Wildman–Crippen LogP) is 6.57. The van der Waals surface area contributed by atoms with E-state index in [1.165, 1.54) is 4.90 Å². The molecule has 6 heteroatoms. The Kier molecular flexibility index (Phi) is 6.10. The maximum Gasteiger partial charge on any atom is 0.294 e. The molecule has 36 heavy (non-hydrogen) atoms. The summed E-state index contributed by atoms with van der Waals surface area (Å²) in [5.41, 5.74) is 2.94. The molecule has 0 fully saturated rings. The highest BCUT2D eigenvalue weighted by Gasteiger charge is 2.45. The Bertz CT molecular complexity index is 1430. The summed E-state index contributed by atoms with van der Waals surface area (Å²) in [4.78, 5) is 28.6. The minimum absolute atomic E-state index is 0.00726. The molecule has 3 aromatic carbocycles. The number of hydrogen-bond donors (Lipinski definition) is 1. The van der Waals surface area contributed by atoms with Gasteiger partial charge in [-0.1, -0.05) is 49.4 Å². The Labute approximate surface area is 209 Å². The van der Waals surface area contributed by atoms with Crippen LogP contribution in [0, 0.1) is 0 Å². The zero-order valence-corrected chi connectivity index (χ0v) is 20.4. The van der Waals surface area contributed by atoms with E-state index in [0.29, 0.717) is 22.6 Å². The molecule has 0 radical (unpaired) electrons. The van der Waals surface area contributed by atoms with E-state index in [4.69, 9.17) is 9.15 Å². The quantitative estimate of drug-likeness (QED) is 0.302. The molecule has 1 aliphatic rings. The number of aliphatic hydroxyl groups is 1. The van der Waals surface area contributed by atoms with Crippen LogP contribution in [0.3, 0.4) is 0 Å². The number of ketones is 1. The minimum Gasteiger partial charge on any atom is -0.503 e. The van der Waals surface area contributed by atoms with Crippen molar-refractivity contribution >= 4 is 28.3 Å². The van der Waals surface area contributed by atoms with Crippen molar-refractivity contribution in [3.8, 4) is 5.75 Å². The molecule has 5 rings (SSSR count). The lowest BCUT2D eigenvalue weighted by molar-refractivity contribution is -0.117. The number of benzene rings is 3. The SMILES string of the molecule is CCc1ccc(C2C(C(=O)c3cc4ccccc4o3)=C(O)C(=O)N2c2ccc(OC(C)C)cc2)cc1. The molecule has 182 valence electrons. The number of para-hydroxylation sites is 1. The maximum atomic E-state index is 13.7. The fraction of sp³-hybridized carbons (Fsp3) is 0.200. The molecule has 1 unspecified atom stereocenters. The molecule has 6 nitrogen and oxygen atoms in total. The van der Waals surface area contributed by atoms with Crippen molar-refractivity contribution in [2.75, 3.05) is 4.90 Å². The first-order valence-corrected chi connectivity index (χ1v) is 12.0. The number of hydrogen-bond acceptors (Lipinski definition) is 5. The summed E-state index contributed by atoms with van der Waals surface area (Å²) in [5.74, 6) is -1.00. The van der Waals surface area contributed by atoms with E-state index < -0.39 is 23.5 Å². The van der Waals surface area contributed by atoms with Crippen molar-refractivity contribution in [2.24, 2.45) is 0 Å². The van der Waals surface area contributed by atoms with Crippen LogP contribution in [-0.2, 0) is 11.2 Å². The highest BCUT2D eigenvalue weighted by atomic mass is 16.5. The number of aliphatic hydroxyl groups excluding tert-OH is 1. The predicted molar refractivity (Wildman–Crippen MR) is 138 cm³/mol. The van der Waals surface area contributed by atoms with E-state index in [-0.39, 0.29) is 17.4 Å². The summed E-state index contributed by atoms with van der Waals surface area (Å²) in [7, 11) is 0. The highest BCUT2D eigenvalue weighted by molar-refractivity contribution is 6.20. The molecule has 0 aliphatic carbocycles. The Morgan fingerprint density at radius 2 is 1.72 bits per heavy atom. The smallest absolute Gasteiger partial charge is 0.294 e. The Hall–Kier alpha value is -4.32. The zero-order chi connectivity index (χ0) is 25.4. The average Bonchev–Trinajstić information content (AvgIpc) is 3.43. The molecular weight excluding hydrogens is 454 g/mol. The van der Waals surface area contributed by atoms with Crippen molar-refractivity contribution in [1.82, 2.24) is 0 Å². The van der Waals surface area contributed by atoms with Gasteiger partial charge in [-0.3, -0.25) is 14.5 Å². The molecule has 0 bridgehead atoms. The van der Waals surface area contributed by atoms with Gasteiger partial charge in [-0.05, 0) is 67.8 Å². The molecule has 2 heterocycles. The summed E-state index contributed by atoms with van der Waals surface area (Å²) in [6, 6.07) is 22.9. The van der Waals surface area contributed by atoms with Crippen LogP contribution in [0.4, 0.5) is 5.69 Å². The molecule has 0 saturated carbocycles. The van der Waals surface area contributed by atoms with Crippen LogP contribution in [0.2, 0.25) is 0 Å². The number of amides is 1. The number of Topliss-reactive ketones (excluding diaryl/α,β-unsaturated/α-hetero) is 1. The van der Waals surface area contributed by atoms with Crippen LogP contribution < -0.4 is 9.64 Å². The molecule has 1 aliphatic heterocycles. The van der Waals surface area contributed by atoms with Gasteiger partial charge in [0.25, 0.3) is 5.91 Å². The third kappa shape index (κ3) is 4.15. The van der Waals surface area contributed by atoms with Gasteiger partial charge in [0.2, 0.25) is 5.78 Å². The van der Waals surface area contributed by atoms with Gasteiger partial charge in [0.1, 0.15) is 11.3 Å². The van der Waals surface area contributed by atoms with Crippen LogP contribution in [-0.4, -0.2) is 22.9 Å². The van der Waals surface area contributed by atoms with E-state index in [1.54, 1.807) is 36.4 Å². The molecule has 4 aromatic rings. The standard InChI is InChI=1S/C30H27NO5/c1-4-19-9-11-20(12-10-19)27-26(28(32)25-17-21-7-5-6-8-24(21)36-25)29(33)30(34)31(27)22-13-15-23(16-14-22)35-18(2)3/h5-18,27,33H,4H2,1-3H3. The monoisotopic (exact) mass is 481 g/mol. The second-order valence-corrected chi connectivity index (χ2v) is 9.07. The van der Waals surface area contributed by atoms with Crippen molar-refractivity contribution in [3.05, 3.63) is 107 Å². The summed E-state index contributed by atoms with van der Waals surface area (Å²) in [6.45, 7) is 5.93. The maximum absolute atomic E-state index is 13.7. The first-order chi connectivity index (χ1) is 17.4. The van der Waals surface area contributed by atoms with E-state index in [0.717, 1.165) is 17.4 Å². The van der Waals surface area contributed by atoms with Gasteiger partial charge in [0.15, 0.2) is 11.5 Å².